The van der Waals surface area contributed by atoms with E-state index in [1.54, 1.807) is 0 Å². The number of aliphatic hydroxyl groups excluding tert-OH is 1. The van der Waals surface area contributed by atoms with Gasteiger partial charge in [-0.1, -0.05) is 106 Å². The first-order valence-electron chi connectivity index (χ1n) is 21.0. The molecule has 0 saturated carbocycles. The summed E-state index contributed by atoms with van der Waals surface area (Å²) >= 11 is 0. The molecule has 0 aromatic heterocycles. The fourth-order valence-corrected chi connectivity index (χ4v) is 5.92. The fourth-order valence-electron chi connectivity index (χ4n) is 5.19. The lowest BCUT2D eigenvalue weighted by atomic mass is 10.1. The first-order valence-corrected chi connectivity index (χ1v) is 22.5. The van der Waals surface area contributed by atoms with E-state index in [0.29, 0.717) is 30.3 Å². The molecule has 0 rings (SSSR count). The molecule has 11 heteroatoms. The summed E-state index contributed by atoms with van der Waals surface area (Å²) in [6.45, 7) is 3.65. The third-order valence-corrected chi connectivity index (χ3v) is 9.49. The van der Waals surface area contributed by atoms with E-state index in [9.17, 15) is 24.2 Å². The van der Waals surface area contributed by atoms with Crippen LogP contribution in [-0.4, -0.2) is 81.2 Å². The lowest BCUT2D eigenvalue weighted by Crippen LogP contribution is -2.37. The molecule has 0 fully saturated rings. The molecule has 3 atom stereocenters. The summed E-state index contributed by atoms with van der Waals surface area (Å²) in [6, 6.07) is 0. The maximum absolute atomic E-state index is 12.6. The molecule has 0 aromatic carbocycles. The number of carbonyl (C=O) groups is 2. The number of ether oxygens (including phenoxy) is 2. The highest BCUT2D eigenvalue weighted by atomic mass is 31.2. The number of allylic oxidation sites excluding steroid dienone is 10. The summed E-state index contributed by atoms with van der Waals surface area (Å²) in [5.41, 5.74) is 0. The molecule has 0 heterocycles. The van der Waals surface area contributed by atoms with Crippen LogP contribution in [0.2, 0.25) is 0 Å². The van der Waals surface area contributed by atoms with Gasteiger partial charge in [0.25, 0.3) is 7.82 Å². The van der Waals surface area contributed by atoms with Crippen LogP contribution < -0.4 is 4.89 Å². The van der Waals surface area contributed by atoms with E-state index in [1.165, 1.54) is 25.7 Å². The van der Waals surface area contributed by atoms with Gasteiger partial charge in [-0.05, 0) is 90.4 Å². The van der Waals surface area contributed by atoms with Gasteiger partial charge in [0.05, 0.1) is 33.9 Å². The lowest BCUT2D eigenvalue weighted by Gasteiger charge is -2.28. The molecule has 0 aliphatic rings. The second-order valence-corrected chi connectivity index (χ2v) is 16.7. The first kappa shape index (κ1) is 52.7. The Hall–Kier alpha value is -2.33. The summed E-state index contributed by atoms with van der Waals surface area (Å²) in [7, 11) is 1.10. The number of likely N-dealkylation sites (N-methyl/N-ethyl adjacent to an activating group) is 1. The highest BCUT2D eigenvalue weighted by Crippen LogP contribution is 2.38. The zero-order chi connectivity index (χ0) is 40.9. The highest BCUT2D eigenvalue weighted by molar-refractivity contribution is 7.45. The number of aliphatic hydroxyl groups is 1. The van der Waals surface area contributed by atoms with Crippen molar-refractivity contribution in [2.24, 2.45) is 0 Å². The third kappa shape index (κ3) is 41.1. The van der Waals surface area contributed by atoms with Gasteiger partial charge in [-0.3, -0.25) is 14.2 Å². The topological polar surface area (TPSA) is 131 Å². The third-order valence-electron chi connectivity index (χ3n) is 8.53. The average Bonchev–Trinajstić information content (AvgIpc) is 3.11. The van der Waals surface area contributed by atoms with Gasteiger partial charge in [-0.25, -0.2) is 0 Å². The Labute approximate surface area is 335 Å². The van der Waals surface area contributed by atoms with Crippen LogP contribution in [0.3, 0.4) is 0 Å². The number of hydrogen-bond acceptors (Lipinski definition) is 9. The van der Waals surface area contributed by atoms with Crippen molar-refractivity contribution in [1.29, 1.82) is 0 Å². The molecule has 1 N–H and O–H groups in total. The van der Waals surface area contributed by atoms with Crippen LogP contribution in [0.4, 0.5) is 0 Å². The fraction of sp³-hybridized carbons (Fsp3) is 0.727. The van der Waals surface area contributed by atoms with E-state index >= 15 is 0 Å². The molecule has 0 spiro atoms. The molecule has 318 valence electrons. The van der Waals surface area contributed by atoms with Crippen molar-refractivity contribution >= 4 is 19.8 Å². The lowest BCUT2D eigenvalue weighted by molar-refractivity contribution is -0.870. The van der Waals surface area contributed by atoms with Crippen molar-refractivity contribution < 1.29 is 47.2 Å². The number of hydrogen-bond donors (Lipinski definition) is 1. The molecular weight excluding hydrogens is 717 g/mol. The summed E-state index contributed by atoms with van der Waals surface area (Å²) in [5.74, 6) is -0.933. The maximum atomic E-state index is 12.6. The Morgan fingerprint density at radius 1 is 0.655 bits per heavy atom. The van der Waals surface area contributed by atoms with E-state index in [4.69, 9.17) is 18.5 Å². The Kier molecular flexibility index (Phi) is 34.5. The zero-order valence-electron chi connectivity index (χ0n) is 35.2. The molecule has 0 aliphatic carbocycles. The predicted octanol–water partition coefficient (Wildman–Crippen LogP) is 10.0. The number of unbranched alkanes of at least 4 members (excludes halogenated alkanes) is 11. The van der Waals surface area contributed by atoms with Gasteiger partial charge in [-0.2, -0.15) is 0 Å². The molecule has 0 radical (unpaired) electrons. The standard InChI is InChI=1S/C44H78NO9P/c1-6-7-8-9-10-11-12-16-21-24-27-30-33-36-44(48)54-42(40-53-55(49,50)52-38-37-45(3,4)5)39-51-43(47)35-32-29-26-23-20-18-15-13-14-17-19-22-25-28-31-34-41(2)46/h11-12,14-15,17-18,22-23,25-26,41-42,46H,6-10,13,16,19-21,24,27-40H2,1-5H3/b12-11-,17-14-,18-15-,25-22-,26-23-/t41-,42-/m1/s1. The number of carbonyl (C=O) groups excluding carboxylic acids is 2. The van der Waals surface area contributed by atoms with Gasteiger partial charge in [-0.15, -0.1) is 0 Å². The second kappa shape index (κ2) is 36.0. The van der Waals surface area contributed by atoms with Gasteiger partial charge in [0, 0.05) is 12.8 Å². The molecule has 10 nitrogen and oxygen atoms in total. The summed E-state index contributed by atoms with van der Waals surface area (Å²) in [5, 5.41) is 9.27. The number of nitrogens with zero attached hydrogens (tertiary/aromatic N) is 1. The zero-order valence-corrected chi connectivity index (χ0v) is 36.1. The van der Waals surface area contributed by atoms with Crippen molar-refractivity contribution in [3.63, 3.8) is 0 Å². The molecule has 0 aliphatic heterocycles. The Morgan fingerprint density at radius 2 is 1.15 bits per heavy atom. The molecule has 0 amide bonds. The SMILES string of the molecule is CCCCCC/C=C\CCCCCCCC(=O)O[C@H](COC(=O)CCC/C=C\C/C=C\C/C=C\C/C=C\CCC[C@@H](C)O)COP(=O)([O-])OCC[N+](C)(C)C. The minimum absolute atomic E-state index is 0.0487. The van der Waals surface area contributed by atoms with Crippen molar-refractivity contribution in [3.05, 3.63) is 60.8 Å². The minimum atomic E-state index is -4.64. The number of esters is 2. The molecule has 0 aromatic rings. The quantitative estimate of drug-likeness (QED) is 0.0215. The van der Waals surface area contributed by atoms with Crippen LogP contribution >= 0.6 is 7.82 Å². The maximum Gasteiger partial charge on any atom is 0.306 e. The van der Waals surface area contributed by atoms with Gasteiger partial charge in [0.1, 0.15) is 19.8 Å². The van der Waals surface area contributed by atoms with Crippen LogP contribution in [0.1, 0.15) is 149 Å². The summed E-state index contributed by atoms with van der Waals surface area (Å²) in [4.78, 5) is 37.4. The van der Waals surface area contributed by atoms with Crippen molar-refractivity contribution in [2.75, 3.05) is 47.5 Å². The molecule has 55 heavy (non-hydrogen) atoms. The molecule has 0 saturated heterocycles. The monoisotopic (exact) mass is 796 g/mol. The molecular formula is C44H78NO9P. The number of quaternary nitrogens is 1. The average molecular weight is 796 g/mol. The van der Waals surface area contributed by atoms with E-state index in [-0.39, 0.29) is 32.2 Å². The predicted molar refractivity (Wildman–Crippen MR) is 223 cm³/mol. The second-order valence-electron chi connectivity index (χ2n) is 15.3. The van der Waals surface area contributed by atoms with E-state index in [0.717, 1.165) is 77.0 Å². The van der Waals surface area contributed by atoms with Crippen LogP contribution in [0.5, 0.6) is 0 Å². The first-order chi connectivity index (χ1) is 26.3. The van der Waals surface area contributed by atoms with Crippen LogP contribution in [0, 0.1) is 0 Å². The van der Waals surface area contributed by atoms with Gasteiger partial charge < -0.3 is 33.0 Å². The number of phosphoric ester groups is 1. The van der Waals surface area contributed by atoms with Crippen LogP contribution in [-0.2, 0) is 32.7 Å². The minimum Gasteiger partial charge on any atom is -0.756 e. The molecule has 0 bridgehead atoms. The van der Waals surface area contributed by atoms with E-state index in [2.05, 4.69) is 61.6 Å². The Balaban J connectivity index is 4.50. The highest BCUT2D eigenvalue weighted by Gasteiger charge is 2.21. The van der Waals surface area contributed by atoms with E-state index < -0.39 is 32.5 Å². The number of phosphoric acid groups is 1. The number of rotatable bonds is 37. The van der Waals surface area contributed by atoms with Crippen LogP contribution in [0.15, 0.2) is 60.8 Å². The Morgan fingerprint density at radius 3 is 1.73 bits per heavy atom. The van der Waals surface area contributed by atoms with Crippen molar-refractivity contribution in [2.45, 2.75) is 161 Å². The normalized spacial score (nSPS) is 14.8. The van der Waals surface area contributed by atoms with Gasteiger partial charge in [0.15, 0.2) is 6.10 Å². The van der Waals surface area contributed by atoms with Crippen molar-refractivity contribution in [3.8, 4) is 0 Å². The summed E-state index contributed by atoms with van der Waals surface area (Å²) < 4.78 is 33.7. The van der Waals surface area contributed by atoms with Gasteiger partial charge >= 0.3 is 11.9 Å². The largest absolute Gasteiger partial charge is 0.756 e. The smallest absolute Gasteiger partial charge is 0.306 e. The molecule has 1 unspecified atom stereocenters. The van der Waals surface area contributed by atoms with Crippen LogP contribution in [0.25, 0.3) is 0 Å². The van der Waals surface area contributed by atoms with Crippen molar-refractivity contribution in [1.82, 2.24) is 0 Å². The van der Waals surface area contributed by atoms with Gasteiger partial charge in [0.2, 0.25) is 0 Å². The van der Waals surface area contributed by atoms with E-state index in [1.807, 2.05) is 34.1 Å². The summed E-state index contributed by atoms with van der Waals surface area (Å²) in [6.07, 6.45) is 39.6. The Bertz CT molecular complexity index is 1140.